The number of benzene rings is 2. The second kappa shape index (κ2) is 8.18. The SMILES string of the molecule is O=C(CSc1ncnc2c1cnn2-c1ccc(Cl)cc1)Nc1ccc(Cl)cc1. The van der Waals surface area contributed by atoms with Gasteiger partial charge >= 0.3 is 0 Å². The van der Waals surface area contributed by atoms with E-state index in [9.17, 15) is 4.79 Å². The van der Waals surface area contributed by atoms with E-state index >= 15 is 0 Å². The number of nitrogens with zero attached hydrogens (tertiary/aromatic N) is 4. The van der Waals surface area contributed by atoms with E-state index in [1.54, 1.807) is 47.3 Å². The van der Waals surface area contributed by atoms with Crippen molar-refractivity contribution in [1.82, 2.24) is 19.7 Å². The van der Waals surface area contributed by atoms with Gasteiger partial charge in [0.2, 0.25) is 5.91 Å². The maximum Gasteiger partial charge on any atom is 0.234 e. The van der Waals surface area contributed by atoms with Crippen LogP contribution in [0, 0.1) is 0 Å². The Morgan fingerprint density at radius 1 is 1.00 bits per heavy atom. The average Bonchev–Trinajstić information content (AvgIpc) is 3.13. The van der Waals surface area contributed by atoms with Gasteiger partial charge in [-0.15, -0.1) is 0 Å². The highest BCUT2D eigenvalue weighted by Crippen LogP contribution is 2.26. The van der Waals surface area contributed by atoms with Crippen LogP contribution in [0.25, 0.3) is 16.7 Å². The minimum atomic E-state index is -0.135. The van der Waals surface area contributed by atoms with Crippen LogP contribution in [0.3, 0.4) is 0 Å². The zero-order chi connectivity index (χ0) is 19.5. The molecule has 0 radical (unpaired) electrons. The summed E-state index contributed by atoms with van der Waals surface area (Å²) in [4.78, 5) is 20.9. The Labute approximate surface area is 174 Å². The molecule has 0 aliphatic carbocycles. The number of halogens is 2. The Morgan fingerprint density at radius 3 is 2.39 bits per heavy atom. The predicted octanol–water partition coefficient (Wildman–Crippen LogP) is 4.85. The number of anilines is 1. The second-order valence-electron chi connectivity index (χ2n) is 5.79. The molecule has 140 valence electrons. The van der Waals surface area contributed by atoms with E-state index in [1.807, 2.05) is 12.1 Å². The van der Waals surface area contributed by atoms with Gasteiger partial charge in [0.05, 0.1) is 23.0 Å². The number of rotatable bonds is 5. The molecule has 2 aromatic carbocycles. The van der Waals surface area contributed by atoms with Gasteiger partial charge in [-0.1, -0.05) is 35.0 Å². The number of carbonyl (C=O) groups excluding carboxylic acids is 1. The van der Waals surface area contributed by atoms with Crippen LogP contribution in [0.15, 0.2) is 66.1 Å². The molecule has 0 atom stereocenters. The first-order chi connectivity index (χ1) is 13.6. The molecule has 0 saturated heterocycles. The van der Waals surface area contributed by atoms with Gasteiger partial charge in [-0.2, -0.15) is 5.10 Å². The van der Waals surface area contributed by atoms with Crippen molar-refractivity contribution in [2.75, 3.05) is 11.1 Å². The lowest BCUT2D eigenvalue weighted by molar-refractivity contribution is -0.113. The summed E-state index contributed by atoms with van der Waals surface area (Å²) < 4.78 is 1.71. The molecular weight excluding hydrogens is 417 g/mol. The molecule has 0 unspecified atom stereocenters. The molecule has 0 aliphatic heterocycles. The molecule has 9 heteroatoms. The lowest BCUT2D eigenvalue weighted by Crippen LogP contribution is -2.14. The van der Waals surface area contributed by atoms with E-state index < -0.39 is 0 Å². The van der Waals surface area contributed by atoms with Gasteiger partial charge in [-0.3, -0.25) is 4.79 Å². The third-order valence-electron chi connectivity index (χ3n) is 3.87. The summed E-state index contributed by atoms with van der Waals surface area (Å²) in [5, 5.41) is 9.97. The molecule has 4 rings (SSSR count). The summed E-state index contributed by atoms with van der Waals surface area (Å²) in [5.74, 6) is 0.0742. The van der Waals surface area contributed by atoms with E-state index in [0.717, 1.165) is 11.1 Å². The molecule has 0 fully saturated rings. The number of hydrogen-bond donors (Lipinski definition) is 1. The van der Waals surface area contributed by atoms with Crippen molar-refractivity contribution < 1.29 is 4.79 Å². The molecule has 2 aromatic heterocycles. The lowest BCUT2D eigenvalue weighted by atomic mass is 10.3. The maximum absolute atomic E-state index is 12.2. The van der Waals surface area contributed by atoms with Crippen molar-refractivity contribution in [2.24, 2.45) is 0 Å². The standard InChI is InChI=1S/C19H13Cl2N5OS/c20-12-1-5-14(6-2-12)25-17(27)10-28-19-16-9-24-26(18(16)22-11-23-19)15-7-3-13(21)4-8-15/h1-9,11H,10H2,(H,25,27). The summed E-state index contributed by atoms with van der Waals surface area (Å²) in [6.45, 7) is 0. The molecule has 2 heterocycles. The molecule has 6 nitrogen and oxygen atoms in total. The van der Waals surface area contributed by atoms with Crippen molar-refractivity contribution in [3.8, 4) is 5.69 Å². The Bertz CT molecular complexity index is 1130. The van der Waals surface area contributed by atoms with Crippen LogP contribution in [-0.2, 0) is 4.79 Å². The van der Waals surface area contributed by atoms with Gasteiger partial charge in [0.25, 0.3) is 0 Å². The first-order valence-corrected chi connectivity index (χ1v) is 9.97. The van der Waals surface area contributed by atoms with E-state index in [4.69, 9.17) is 23.2 Å². The summed E-state index contributed by atoms with van der Waals surface area (Å²) in [6, 6.07) is 14.3. The summed E-state index contributed by atoms with van der Waals surface area (Å²) in [7, 11) is 0. The third-order valence-corrected chi connectivity index (χ3v) is 5.38. The number of amides is 1. The zero-order valence-electron chi connectivity index (χ0n) is 14.3. The Balaban J connectivity index is 1.50. The smallest absolute Gasteiger partial charge is 0.234 e. The van der Waals surface area contributed by atoms with Gasteiger partial charge in [0, 0.05) is 15.7 Å². The van der Waals surface area contributed by atoms with Crippen molar-refractivity contribution in [3.63, 3.8) is 0 Å². The summed E-state index contributed by atoms with van der Waals surface area (Å²) >= 11 is 13.1. The minimum Gasteiger partial charge on any atom is -0.325 e. The number of hydrogen-bond acceptors (Lipinski definition) is 5. The molecule has 1 amide bonds. The van der Waals surface area contributed by atoms with E-state index in [2.05, 4.69) is 20.4 Å². The molecule has 0 spiro atoms. The molecule has 0 aliphatic rings. The predicted molar refractivity (Wildman–Crippen MR) is 112 cm³/mol. The molecule has 28 heavy (non-hydrogen) atoms. The number of thioether (sulfide) groups is 1. The van der Waals surface area contributed by atoms with Crippen LogP contribution in [0.5, 0.6) is 0 Å². The largest absolute Gasteiger partial charge is 0.325 e. The Hall–Kier alpha value is -2.61. The summed E-state index contributed by atoms with van der Waals surface area (Å²) in [5.41, 5.74) is 2.20. The van der Waals surface area contributed by atoms with E-state index in [1.165, 1.54) is 18.1 Å². The Morgan fingerprint density at radius 2 is 1.68 bits per heavy atom. The minimum absolute atomic E-state index is 0.135. The van der Waals surface area contributed by atoms with Crippen LogP contribution in [0.4, 0.5) is 5.69 Å². The van der Waals surface area contributed by atoms with E-state index in [0.29, 0.717) is 26.4 Å². The van der Waals surface area contributed by atoms with Crippen LogP contribution in [0.2, 0.25) is 10.0 Å². The maximum atomic E-state index is 12.2. The van der Waals surface area contributed by atoms with Gasteiger partial charge in [0.15, 0.2) is 5.65 Å². The van der Waals surface area contributed by atoms with E-state index in [-0.39, 0.29) is 11.7 Å². The van der Waals surface area contributed by atoms with Gasteiger partial charge in [-0.05, 0) is 48.5 Å². The van der Waals surface area contributed by atoms with Crippen molar-refractivity contribution in [3.05, 3.63) is 71.1 Å². The van der Waals surface area contributed by atoms with Gasteiger partial charge in [-0.25, -0.2) is 14.6 Å². The normalized spacial score (nSPS) is 10.9. The van der Waals surface area contributed by atoms with Crippen molar-refractivity contribution in [1.29, 1.82) is 0 Å². The highest BCUT2D eigenvalue weighted by molar-refractivity contribution is 8.00. The van der Waals surface area contributed by atoms with Crippen LogP contribution >= 0.6 is 35.0 Å². The van der Waals surface area contributed by atoms with Crippen molar-refractivity contribution in [2.45, 2.75) is 5.03 Å². The molecule has 0 saturated carbocycles. The average molecular weight is 430 g/mol. The number of carbonyl (C=O) groups is 1. The zero-order valence-corrected chi connectivity index (χ0v) is 16.7. The fraction of sp³-hybridized carbons (Fsp3) is 0.0526. The summed E-state index contributed by atoms with van der Waals surface area (Å²) in [6.07, 6.45) is 3.17. The molecule has 1 N–H and O–H groups in total. The monoisotopic (exact) mass is 429 g/mol. The van der Waals surface area contributed by atoms with Crippen LogP contribution in [0.1, 0.15) is 0 Å². The molecular formula is C19H13Cl2N5OS. The van der Waals surface area contributed by atoms with Crippen LogP contribution in [-0.4, -0.2) is 31.4 Å². The van der Waals surface area contributed by atoms with Crippen molar-refractivity contribution >= 4 is 57.6 Å². The number of fused-ring (bicyclic) bond motifs is 1. The highest BCUT2D eigenvalue weighted by atomic mass is 35.5. The fourth-order valence-electron chi connectivity index (χ4n) is 2.57. The second-order valence-corrected chi connectivity index (χ2v) is 7.63. The Kier molecular flexibility index (Phi) is 5.47. The molecule has 0 bridgehead atoms. The van der Waals surface area contributed by atoms with Gasteiger partial charge in [0.1, 0.15) is 11.4 Å². The third kappa shape index (κ3) is 4.11. The first kappa shape index (κ1) is 18.7. The lowest BCUT2D eigenvalue weighted by Gasteiger charge is -2.06. The highest BCUT2D eigenvalue weighted by Gasteiger charge is 2.13. The van der Waals surface area contributed by atoms with Gasteiger partial charge < -0.3 is 5.32 Å². The molecule has 4 aromatic rings. The topological polar surface area (TPSA) is 72.7 Å². The number of nitrogens with one attached hydrogen (secondary N) is 1. The fourth-order valence-corrected chi connectivity index (χ4v) is 3.59. The first-order valence-electron chi connectivity index (χ1n) is 8.23. The quantitative estimate of drug-likeness (QED) is 0.362. The van der Waals surface area contributed by atoms with Crippen LogP contribution < -0.4 is 5.32 Å². The number of aromatic nitrogens is 4.